The quantitative estimate of drug-likeness (QED) is 0.852. The summed E-state index contributed by atoms with van der Waals surface area (Å²) in [5.41, 5.74) is 1.46. The van der Waals surface area contributed by atoms with E-state index in [-0.39, 0.29) is 21.0 Å². The summed E-state index contributed by atoms with van der Waals surface area (Å²) in [5, 5.41) is 3.12. The fourth-order valence-electron chi connectivity index (χ4n) is 1.44. The number of nitrogens with zero attached hydrogens (tertiary/aromatic N) is 2. The lowest BCUT2D eigenvalue weighted by atomic mass is 10.2. The van der Waals surface area contributed by atoms with E-state index in [2.05, 4.69) is 15.3 Å². The minimum atomic E-state index is -0.424. The standard InChI is InChI=1S/C12H8Cl3N3O/c1-6-4-5-16-11(15)9(6)18-12(19)7-2-3-8(13)17-10(7)14/h2-5H,1H3,(H,18,19). The lowest BCUT2D eigenvalue weighted by Crippen LogP contribution is -2.14. The van der Waals surface area contributed by atoms with Crippen molar-refractivity contribution >= 4 is 46.4 Å². The Bertz CT molecular complexity index is 626. The molecule has 2 aromatic rings. The van der Waals surface area contributed by atoms with E-state index >= 15 is 0 Å². The van der Waals surface area contributed by atoms with Crippen LogP contribution in [0.15, 0.2) is 24.4 Å². The lowest BCUT2D eigenvalue weighted by Gasteiger charge is -2.10. The van der Waals surface area contributed by atoms with E-state index in [1.54, 1.807) is 12.3 Å². The predicted molar refractivity (Wildman–Crippen MR) is 76.2 cm³/mol. The topological polar surface area (TPSA) is 54.9 Å². The van der Waals surface area contributed by atoms with Crippen molar-refractivity contribution in [3.8, 4) is 0 Å². The number of halogens is 3. The number of aromatic nitrogens is 2. The van der Waals surface area contributed by atoms with E-state index in [0.29, 0.717) is 5.69 Å². The highest BCUT2D eigenvalue weighted by Gasteiger charge is 2.15. The van der Waals surface area contributed by atoms with E-state index in [1.165, 1.54) is 12.1 Å². The van der Waals surface area contributed by atoms with Crippen molar-refractivity contribution in [3.05, 3.63) is 51.0 Å². The zero-order chi connectivity index (χ0) is 14.0. The van der Waals surface area contributed by atoms with Crippen molar-refractivity contribution in [2.24, 2.45) is 0 Å². The van der Waals surface area contributed by atoms with Crippen LogP contribution in [-0.4, -0.2) is 15.9 Å². The Kier molecular flexibility index (Phi) is 4.24. The third kappa shape index (κ3) is 3.15. The normalized spacial score (nSPS) is 10.3. The molecule has 0 bridgehead atoms. The molecule has 0 radical (unpaired) electrons. The molecule has 1 N–H and O–H groups in total. The highest BCUT2D eigenvalue weighted by Crippen LogP contribution is 2.24. The van der Waals surface area contributed by atoms with Gasteiger partial charge in [0.05, 0.1) is 11.3 Å². The van der Waals surface area contributed by atoms with Crippen LogP contribution in [0.5, 0.6) is 0 Å². The Hall–Kier alpha value is -1.36. The fourth-order valence-corrected chi connectivity index (χ4v) is 2.12. The zero-order valence-electron chi connectivity index (χ0n) is 9.75. The Morgan fingerprint density at radius 2 is 1.89 bits per heavy atom. The van der Waals surface area contributed by atoms with Gasteiger partial charge in [0.15, 0.2) is 5.15 Å². The summed E-state index contributed by atoms with van der Waals surface area (Å²) in [6.45, 7) is 1.81. The van der Waals surface area contributed by atoms with Crippen LogP contribution in [0.4, 0.5) is 5.69 Å². The number of hydrogen-bond donors (Lipinski definition) is 1. The molecule has 0 atom stereocenters. The minimum absolute atomic E-state index is 0.0302. The van der Waals surface area contributed by atoms with E-state index in [0.717, 1.165) is 5.56 Å². The van der Waals surface area contributed by atoms with E-state index in [1.807, 2.05) is 6.92 Å². The maximum atomic E-state index is 12.1. The van der Waals surface area contributed by atoms with Gasteiger partial charge in [0.2, 0.25) is 0 Å². The van der Waals surface area contributed by atoms with Crippen molar-refractivity contribution in [3.63, 3.8) is 0 Å². The van der Waals surface area contributed by atoms with Gasteiger partial charge in [0.25, 0.3) is 5.91 Å². The first-order valence-electron chi connectivity index (χ1n) is 5.23. The van der Waals surface area contributed by atoms with Crippen molar-refractivity contribution in [1.29, 1.82) is 0 Å². The molecule has 0 fully saturated rings. The predicted octanol–water partition coefficient (Wildman–Crippen LogP) is 4.00. The minimum Gasteiger partial charge on any atom is -0.319 e. The van der Waals surface area contributed by atoms with Crippen molar-refractivity contribution in [2.45, 2.75) is 6.92 Å². The molecule has 1 amide bonds. The number of amides is 1. The second-order valence-corrected chi connectivity index (χ2v) is 4.82. The third-order valence-electron chi connectivity index (χ3n) is 2.41. The lowest BCUT2D eigenvalue weighted by molar-refractivity contribution is 0.102. The van der Waals surface area contributed by atoms with Gasteiger partial charge in [-0.05, 0) is 30.7 Å². The van der Waals surface area contributed by atoms with Crippen LogP contribution in [-0.2, 0) is 0 Å². The Morgan fingerprint density at radius 1 is 1.16 bits per heavy atom. The van der Waals surface area contributed by atoms with Crippen LogP contribution in [0.3, 0.4) is 0 Å². The summed E-state index contributed by atoms with van der Waals surface area (Å²) >= 11 is 17.5. The van der Waals surface area contributed by atoms with Gasteiger partial charge in [0, 0.05) is 6.20 Å². The van der Waals surface area contributed by atoms with Crippen LogP contribution in [0.2, 0.25) is 15.5 Å². The number of hydrogen-bond acceptors (Lipinski definition) is 3. The number of carbonyl (C=O) groups is 1. The highest BCUT2D eigenvalue weighted by atomic mass is 35.5. The molecule has 98 valence electrons. The molecule has 2 heterocycles. The molecule has 4 nitrogen and oxygen atoms in total. The van der Waals surface area contributed by atoms with Gasteiger partial charge in [-0.15, -0.1) is 0 Å². The van der Waals surface area contributed by atoms with Gasteiger partial charge in [-0.2, -0.15) is 0 Å². The first-order valence-corrected chi connectivity index (χ1v) is 6.37. The SMILES string of the molecule is Cc1ccnc(Cl)c1NC(=O)c1ccc(Cl)nc1Cl. The number of aryl methyl sites for hydroxylation is 1. The highest BCUT2D eigenvalue weighted by molar-refractivity contribution is 6.36. The van der Waals surface area contributed by atoms with Crippen LogP contribution >= 0.6 is 34.8 Å². The van der Waals surface area contributed by atoms with E-state index in [9.17, 15) is 4.79 Å². The Balaban J connectivity index is 2.31. The number of rotatable bonds is 2. The van der Waals surface area contributed by atoms with E-state index in [4.69, 9.17) is 34.8 Å². The van der Waals surface area contributed by atoms with Crippen molar-refractivity contribution in [1.82, 2.24) is 9.97 Å². The molecule has 19 heavy (non-hydrogen) atoms. The Labute approximate surface area is 124 Å². The zero-order valence-corrected chi connectivity index (χ0v) is 12.0. The number of anilines is 1. The molecule has 0 aliphatic carbocycles. The van der Waals surface area contributed by atoms with Crippen LogP contribution in [0.25, 0.3) is 0 Å². The second kappa shape index (κ2) is 5.74. The first-order chi connectivity index (χ1) is 8.99. The smallest absolute Gasteiger partial charge is 0.258 e. The van der Waals surface area contributed by atoms with Gasteiger partial charge in [-0.25, -0.2) is 9.97 Å². The number of nitrogens with one attached hydrogen (secondary N) is 1. The third-order valence-corrected chi connectivity index (χ3v) is 3.20. The molecule has 0 aromatic carbocycles. The fraction of sp³-hybridized carbons (Fsp3) is 0.0833. The molecule has 7 heteroatoms. The number of pyridine rings is 2. The molecule has 0 aliphatic heterocycles. The molecule has 2 rings (SSSR count). The summed E-state index contributed by atoms with van der Waals surface area (Å²) in [6, 6.07) is 4.72. The average Bonchev–Trinajstić information content (AvgIpc) is 2.33. The van der Waals surface area contributed by atoms with Crippen LogP contribution < -0.4 is 5.32 Å². The van der Waals surface area contributed by atoms with Crippen molar-refractivity contribution < 1.29 is 4.79 Å². The summed E-state index contributed by atoms with van der Waals surface area (Å²) in [5.74, 6) is -0.424. The summed E-state index contributed by atoms with van der Waals surface area (Å²) in [7, 11) is 0. The van der Waals surface area contributed by atoms with Gasteiger partial charge in [-0.1, -0.05) is 34.8 Å². The van der Waals surface area contributed by atoms with E-state index < -0.39 is 5.91 Å². The molecular weight excluding hydrogens is 309 g/mol. The maximum absolute atomic E-state index is 12.1. The molecule has 0 saturated heterocycles. The number of carbonyl (C=O) groups excluding carboxylic acids is 1. The molecular formula is C12H8Cl3N3O. The molecule has 0 spiro atoms. The second-order valence-electron chi connectivity index (χ2n) is 3.72. The largest absolute Gasteiger partial charge is 0.319 e. The maximum Gasteiger partial charge on any atom is 0.258 e. The van der Waals surface area contributed by atoms with Crippen LogP contribution in [0, 0.1) is 6.92 Å². The summed E-state index contributed by atoms with van der Waals surface area (Å²) in [4.78, 5) is 19.8. The van der Waals surface area contributed by atoms with Gasteiger partial charge in [0.1, 0.15) is 10.3 Å². The van der Waals surface area contributed by atoms with Gasteiger partial charge >= 0.3 is 0 Å². The average molecular weight is 317 g/mol. The molecule has 0 saturated carbocycles. The molecule has 2 aromatic heterocycles. The Morgan fingerprint density at radius 3 is 2.53 bits per heavy atom. The van der Waals surface area contributed by atoms with Gasteiger partial charge in [-0.3, -0.25) is 4.79 Å². The van der Waals surface area contributed by atoms with Gasteiger partial charge < -0.3 is 5.32 Å². The molecule has 0 unspecified atom stereocenters. The summed E-state index contributed by atoms with van der Waals surface area (Å²) in [6.07, 6.45) is 1.56. The molecule has 0 aliphatic rings. The first kappa shape index (κ1) is 14.1. The van der Waals surface area contributed by atoms with Crippen LogP contribution in [0.1, 0.15) is 15.9 Å². The summed E-state index contributed by atoms with van der Waals surface area (Å²) < 4.78 is 0. The van der Waals surface area contributed by atoms with Crippen molar-refractivity contribution in [2.75, 3.05) is 5.32 Å². The monoisotopic (exact) mass is 315 g/mol.